The summed E-state index contributed by atoms with van der Waals surface area (Å²) >= 11 is 0. The van der Waals surface area contributed by atoms with Gasteiger partial charge in [0.2, 0.25) is 0 Å². The van der Waals surface area contributed by atoms with Crippen LogP contribution in [0.5, 0.6) is 0 Å². The van der Waals surface area contributed by atoms with Crippen LogP contribution in [0.25, 0.3) is 0 Å². The maximum Gasteiger partial charge on any atom is 0.263 e. The van der Waals surface area contributed by atoms with E-state index in [1.54, 1.807) is 31.2 Å². The lowest BCUT2D eigenvalue weighted by Crippen LogP contribution is -2.26. The van der Waals surface area contributed by atoms with Gasteiger partial charge in [-0.1, -0.05) is 5.16 Å². The molecule has 7 heteroatoms. The molecule has 0 aliphatic heterocycles. The zero-order valence-corrected chi connectivity index (χ0v) is 13.3. The molecule has 0 unspecified atom stereocenters. The van der Waals surface area contributed by atoms with Gasteiger partial charge < -0.3 is 9.84 Å². The number of anilines is 2. The molecule has 0 atom stereocenters. The predicted octanol–water partition coefficient (Wildman–Crippen LogP) is 2.99. The second-order valence-corrected chi connectivity index (χ2v) is 7.51. The SMILES string of the molecule is Cc1cc(NS(=O)(=O)c2ccc(NC(C)(C)C)cc2)no1. The highest BCUT2D eigenvalue weighted by atomic mass is 32.2. The van der Waals surface area contributed by atoms with Crippen molar-refractivity contribution in [1.29, 1.82) is 0 Å². The van der Waals surface area contributed by atoms with Gasteiger partial charge in [-0.2, -0.15) is 0 Å². The highest BCUT2D eigenvalue weighted by Gasteiger charge is 2.16. The van der Waals surface area contributed by atoms with Crippen LogP contribution in [-0.4, -0.2) is 19.1 Å². The fraction of sp³-hybridized carbons (Fsp3) is 0.357. The molecule has 6 nitrogen and oxygen atoms in total. The van der Waals surface area contributed by atoms with Crippen LogP contribution in [0, 0.1) is 6.92 Å². The van der Waals surface area contributed by atoms with E-state index in [1.165, 1.54) is 6.07 Å². The molecular weight excluding hydrogens is 290 g/mol. The maximum atomic E-state index is 12.2. The number of sulfonamides is 1. The monoisotopic (exact) mass is 309 g/mol. The van der Waals surface area contributed by atoms with Crippen molar-refractivity contribution in [3.8, 4) is 0 Å². The van der Waals surface area contributed by atoms with Gasteiger partial charge in [0.25, 0.3) is 10.0 Å². The Kier molecular flexibility index (Phi) is 3.95. The summed E-state index contributed by atoms with van der Waals surface area (Å²) in [4.78, 5) is 0.169. The summed E-state index contributed by atoms with van der Waals surface area (Å²) in [6.07, 6.45) is 0. The van der Waals surface area contributed by atoms with E-state index in [0.29, 0.717) is 5.76 Å². The van der Waals surface area contributed by atoms with Crippen LogP contribution in [0.2, 0.25) is 0 Å². The van der Waals surface area contributed by atoms with E-state index in [2.05, 4.69) is 15.2 Å². The van der Waals surface area contributed by atoms with Crippen LogP contribution in [-0.2, 0) is 10.0 Å². The van der Waals surface area contributed by atoms with Gasteiger partial charge in [0, 0.05) is 17.3 Å². The van der Waals surface area contributed by atoms with Crippen LogP contribution in [0.15, 0.2) is 39.8 Å². The van der Waals surface area contributed by atoms with Gasteiger partial charge in [-0.15, -0.1) is 0 Å². The Hall–Kier alpha value is -2.02. The molecule has 21 heavy (non-hydrogen) atoms. The Bertz CT molecular complexity index is 713. The molecule has 114 valence electrons. The normalized spacial score (nSPS) is 12.2. The second-order valence-electron chi connectivity index (χ2n) is 5.83. The Labute approximate surface area is 124 Å². The van der Waals surface area contributed by atoms with Crippen molar-refractivity contribution in [1.82, 2.24) is 5.16 Å². The van der Waals surface area contributed by atoms with Gasteiger partial charge in [-0.05, 0) is 52.0 Å². The second kappa shape index (κ2) is 5.40. The summed E-state index contributed by atoms with van der Waals surface area (Å²) in [6, 6.07) is 8.07. The first-order chi connectivity index (χ1) is 9.66. The van der Waals surface area contributed by atoms with E-state index < -0.39 is 10.0 Å². The molecule has 0 radical (unpaired) electrons. The van der Waals surface area contributed by atoms with Crippen molar-refractivity contribution in [3.63, 3.8) is 0 Å². The lowest BCUT2D eigenvalue weighted by molar-refractivity contribution is 0.400. The Morgan fingerprint density at radius 3 is 2.24 bits per heavy atom. The van der Waals surface area contributed by atoms with E-state index in [0.717, 1.165) is 5.69 Å². The van der Waals surface area contributed by atoms with Crippen molar-refractivity contribution < 1.29 is 12.9 Å². The van der Waals surface area contributed by atoms with Gasteiger partial charge in [0.15, 0.2) is 5.82 Å². The van der Waals surface area contributed by atoms with E-state index in [4.69, 9.17) is 4.52 Å². The molecule has 2 rings (SSSR count). The summed E-state index contributed by atoms with van der Waals surface area (Å²) in [5, 5.41) is 6.89. The highest BCUT2D eigenvalue weighted by Crippen LogP contribution is 2.20. The minimum Gasteiger partial charge on any atom is -0.380 e. The molecule has 0 aliphatic rings. The number of rotatable bonds is 4. The minimum absolute atomic E-state index is 0.0864. The standard InChI is InChI=1S/C14H19N3O3S/c1-10-9-13(16-20-10)17-21(18,19)12-7-5-11(6-8-12)15-14(2,3)4/h5-9,15H,1-4H3,(H,16,17). The smallest absolute Gasteiger partial charge is 0.263 e. The lowest BCUT2D eigenvalue weighted by Gasteiger charge is -2.22. The molecule has 0 saturated carbocycles. The molecule has 0 bridgehead atoms. The van der Waals surface area contributed by atoms with Gasteiger partial charge in [0.05, 0.1) is 4.90 Å². The fourth-order valence-electron chi connectivity index (χ4n) is 1.76. The highest BCUT2D eigenvalue weighted by molar-refractivity contribution is 7.92. The Balaban J connectivity index is 2.17. The Morgan fingerprint density at radius 2 is 1.76 bits per heavy atom. The Morgan fingerprint density at radius 1 is 1.14 bits per heavy atom. The topological polar surface area (TPSA) is 84.2 Å². The fourth-order valence-corrected chi connectivity index (χ4v) is 2.75. The maximum absolute atomic E-state index is 12.2. The quantitative estimate of drug-likeness (QED) is 0.907. The zero-order valence-electron chi connectivity index (χ0n) is 12.5. The number of nitrogens with zero attached hydrogens (tertiary/aromatic N) is 1. The van der Waals surface area contributed by atoms with Crippen LogP contribution in [0.4, 0.5) is 11.5 Å². The number of benzene rings is 1. The average molecular weight is 309 g/mol. The van der Waals surface area contributed by atoms with E-state index >= 15 is 0 Å². The molecule has 1 heterocycles. The third-order valence-corrected chi connectivity index (χ3v) is 3.92. The number of hydrogen-bond donors (Lipinski definition) is 2. The van der Waals surface area contributed by atoms with Crippen molar-refractivity contribution >= 4 is 21.5 Å². The summed E-state index contributed by atoms with van der Waals surface area (Å²) in [7, 11) is -3.66. The molecule has 2 N–H and O–H groups in total. The first-order valence-electron chi connectivity index (χ1n) is 6.50. The largest absolute Gasteiger partial charge is 0.380 e. The van der Waals surface area contributed by atoms with Crippen molar-refractivity contribution in [2.75, 3.05) is 10.0 Å². The molecule has 0 amide bonds. The molecule has 0 aliphatic carbocycles. The minimum atomic E-state index is -3.66. The van der Waals surface area contributed by atoms with E-state index in [-0.39, 0.29) is 16.3 Å². The average Bonchev–Trinajstić information content (AvgIpc) is 2.72. The number of hydrogen-bond acceptors (Lipinski definition) is 5. The summed E-state index contributed by atoms with van der Waals surface area (Å²) in [6.45, 7) is 7.79. The van der Waals surface area contributed by atoms with Crippen LogP contribution in [0.1, 0.15) is 26.5 Å². The molecule has 0 fully saturated rings. The van der Waals surface area contributed by atoms with E-state index in [9.17, 15) is 8.42 Å². The van der Waals surface area contributed by atoms with Gasteiger partial charge in [0.1, 0.15) is 5.76 Å². The molecule has 1 aromatic carbocycles. The van der Waals surface area contributed by atoms with Gasteiger partial charge >= 0.3 is 0 Å². The summed E-state index contributed by atoms with van der Waals surface area (Å²) in [5.41, 5.74) is 0.774. The van der Waals surface area contributed by atoms with Gasteiger partial charge in [-0.25, -0.2) is 8.42 Å². The third-order valence-electron chi connectivity index (χ3n) is 2.55. The summed E-state index contributed by atoms with van der Waals surface area (Å²) < 4.78 is 31.6. The third kappa shape index (κ3) is 4.22. The molecule has 2 aromatic rings. The number of nitrogens with one attached hydrogen (secondary N) is 2. The first-order valence-corrected chi connectivity index (χ1v) is 7.98. The van der Waals surface area contributed by atoms with E-state index in [1.807, 2.05) is 20.8 Å². The van der Waals surface area contributed by atoms with Crippen molar-refractivity contribution in [3.05, 3.63) is 36.1 Å². The lowest BCUT2D eigenvalue weighted by atomic mass is 10.1. The van der Waals surface area contributed by atoms with Crippen molar-refractivity contribution in [2.24, 2.45) is 0 Å². The number of aryl methyl sites for hydroxylation is 1. The number of aromatic nitrogens is 1. The van der Waals surface area contributed by atoms with Crippen LogP contribution < -0.4 is 10.0 Å². The van der Waals surface area contributed by atoms with Gasteiger partial charge in [-0.3, -0.25) is 4.72 Å². The van der Waals surface area contributed by atoms with Crippen LogP contribution >= 0.6 is 0 Å². The van der Waals surface area contributed by atoms with Crippen LogP contribution in [0.3, 0.4) is 0 Å². The summed E-state index contributed by atoms with van der Waals surface area (Å²) in [5.74, 6) is 0.710. The molecule has 0 saturated heterocycles. The molecular formula is C14H19N3O3S. The first kappa shape index (κ1) is 15.4. The predicted molar refractivity (Wildman–Crippen MR) is 81.9 cm³/mol. The zero-order chi connectivity index (χ0) is 15.7. The molecule has 1 aromatic heterocycles. The van der Waals surface area contributed by atoms with Crippen molar-refractivity contribution in [2.45, 2.75) is 38.1 Å². The molecule has 0 spiro atoms.